The molecule has 0 unspecified atom stereocenters. The highest BCUT2D eigenvalue weighted by molar-refractivity contribution is 5.83. The third-order valence-electron chi connectivity index (χ3n) is 1.71. The minimum absolute atomic E-state index is 0.105. The summed E-state index contributed by atoms with van der Waals surface area (Å²) in [4.78, 5) is 0. The zero-order chi connectivity index (χ0) is 8.55. The topological polar surface area (TPSA) is 20.2 Å². The lowest BCUT2D eigenvalue weighted by Crippen LogP contribution is -1.78. The Balaban J connectivity index is 2.86. The Bertz CT molecular complexity index is 423. The van der Waals surface area contributed by atoms with Gasteiger partial charge in [0.05, 0.1) is 0 Å². The number of phenolic OH excluding ortho intramolecular Hbond substituents is 1. The van der Waals surface area contributed by atoms with Crippen molar-refractivity contribution in [2.24, 2.45) is 0 Å². The van der Waals surface area contributed by atoms with Crippen molar-refractivity contribution >= 4 is 10.8 Å². The van der Waals surface area contributed by atoms with Crippen LogP contribution in [0.15, 0.2) is 30.3 Å². The molecule has 0 bridgehead atoms. The van der Waals surface area contributed by atoms with Gasteiger partial charge in [0.1, 0.15) is 11.6 Å². The summed E-state index contributed by atoms with van der Waals surface area (Å²) in [7, 11) is 0. The van der Waals surface area contributed by atoms with Crippen LogP contribution >= 0.6 is 0 Å². The van der Waals surface area contributed by atoms with Gasteiger partial charge in [-0.15, -0.1) is 0 Å². The van der Waals surface area contributed by atoms with Gasteiger partial charge in [0, 0.05) is 5.39 Å². The van der Waals surface area contributed by atoms with E-state index in [2.05, 4.69) is 6.07 Å². The monoisotopic (exact) mass is 161 g/mol. The van der Waals surface area contributed by atoms with Gasteiger partial charge in [0.15, 0.2) is 0 Å². The third-order valence-corrected chi connectivity index (χ3v) is 1.71. The Morgan fingerprint density at radius 2 is 2.17 bits per heavy atom. The van der Waals surface area contributed by atoms with Gasteiger partial charge in [-0.05, 0) is 29.7 Å². The second-order valence-electron chi connectivity index (χ2n) is 2.56. The van der Waals surface area contributed by atoms with Crippen LogP contribution in [0.2, 0.25) is 0 Å². The maximum absolute atomic E-state index is 13.0. The van der Waals surface area contributed by atoms with Crippen LogP contribution < -0.4 is 0 Å². The van der Waals surface area contributed by atoms with Crippen LogP contribution in [0.1, 0.15) is 0 Å². The van der Waals surface area contributed by atoms with E-state index in [4.69, 9.17) is 5.11 Å². The normalized spacial score (nSPS) is 10.4. The van der Waals surface area contributed by atoms with Gasteiger partial charge in [0.2, 0.25) is 0 Å². The maximum atomic E-state index is 13.0. The molecular formula is C10H6FO. The molecule has 0 atom stereocenters. The number of phenols is 1. The molecule has 0 saturated heterocycles. The van der Waals surface area contributed by atoms with Crippen LogP contribution in [0, 0.1) is 11.9 Å². The quantitative estimate of drug-likeness (QED) is 0.629. The molecule has 0 spiro atoms. The predicted octanol–water partition coefficient (Wildman–Crippen LogP) is 2.48. The molecule has 12 heavy (non-hydrogen) atoms. The van der Waals surface area contributed by atoms with E-state index in [1.54, 1.807) is 12.1 Å². The van der Waals surface area contributed by atoms with Crippen LogP contribution in [0.5, 0.6) is 5.75 Å². The molecule has 1 nitrogen and oxygen atoms in total. The van der Waals surface area contributed by atoms with Crippen molar-refractivity contribution in [3.05, 3.63) is 42.2 Å². The van der Waals surface area contributed by atoms with E-state index in [1.807, 2.05) is 0 Å². The molecule has 0 saturated carbocycles. The molecule has 2 rings (SSSR count). The smallest absolute Gasteiger partial charge is 0.131 e. The molecule has 0 aliphatic carbocycles. The van der Waals surface area contributed by atoms with Gasteiger partial charge in [-0.3, -0.25) is 0 Å². The maximum Gasteiger partial charge on any atom is 0.131 e. The Morgan fingerprint density at radius 1 is 1.33 bits per heavy atom. The highest BCUT2D eigenvalue weighted by atomic mass is 19.1. The Morgan fingerprint density at radius 3 is 3.00 bits per heavy atom. The Labute approximate surface area is 69.1 Å². The van der Waals surface area contributed by atoms with E-state index < -0.39 is 0 Å². The van der Waals surface area contributed by atoms with Gasteiger partial charge in [-0.25, -0.2) is 4.39 Å². The van der Waals surface area contributed by atoms with E-state index in [1.165, 1.54) is 18.2 Å². The van der Waals surface area contributed by atoms with Crippen molar-refractivity contribution in [2.75, 3.05) is 0 Å². The number of fused-ring (bicyclic) bond motifs is 1. The summed E-state index contributed by atoms with van der Waals surface area (Å²) in [6.45, 7) is 0. The number of rotatable bonds is 0. The van der Waals surface area contributed by atoms with Gasteiger partial charge in [-0.1, -0.05) is 12.1 Å². The number of hydrogen-bond acceptors (Lipinski definition) is 1. The van der Waals surface area contributed by atoms with E-state index in [0.29, 0.717) is 10.8 Å². The molecule has 0 fully saturated rings. The summed E-state index contributed by atoms with van der Waals surface area (Å²) in [5.74, 6) is -0.208. The van der Waals surface area contributed by atoms with Gasteiger partial charge in [0.25, 0.3) is 0 Å². The van der Waals surface area contributed by atoms with Crippen molar-refractivity contribution < 1.29 is 9.50 Å². The number of hydrogen-bond donors (Lipinski definition) is 1. The van der Waals surface area contributed by atoms with Crippen LogP contribution in [0.25, 0.3) is 10.8 Å². The van der Waals surface area contributed by atoms with Crippen LogP contribution in [-0.4, -0.2) is 5.11 Å². The zero-order valence-electron chi connectivity index (χ0n) is 6.21. The molecule has 2 aromatic carbocycles. The minimum Gasteiger partial charge on any atom is -0.508 e. The summed E-state index contributed by atoms with van der Waals surface area (Å²) < 4.78 is 13.0. The van der Waals surface area contributed by atoms with Gasteiger partial charge in [-0.2, -0.15) is 0 Å². The van der Waals surface area contributed by atoms with Crippen LogP contribution in [-0.2, 0) is 0 Å². The fourth-order valence-corrected chi connectivity index (χ4v) is 1.16. The minimum atomic E-state index is -0.312. The van der Waals surface area contributed by atoms with Gasteiger partial charge >= 0.3 is 0 Å². The first-order chi connectivity index (χ1) is 5.77. The molecule has 0 aliphatic heterocycles. The van der Waals surface area contributed by atoms with E-state index in [0.717, 1.165) is 0 Å². The molecule has 1 radical (unpaired) electrons. The Hall–Kier alpha value is -1.57. The largest absolute Gasteiger partial charge is 0.508 e. The SMILES string of the molecule is Oc1c[c]c2c(F)cccc2c1. The second-order valence-corrected chi connectivity index (χ2v) is 2.56. The summed E-state index contributed by atoms with van der Waals surface area (Å²) >= 11 is 0. The number of halogens is 1. The van der Waals surface area contributed by atoms with E-state index in [-0.39, 0.29) is 11.6 Å². The number of aromatic hydroxyl groups is 1. The molecule has 0 aliphatic rings. The molecule has 0 aromatic heterocycles. The van der Waals surface area contributed by atoms with Crippen molar-refractivity contribution in [1.29, 1.82) is 0 Å². The number of benzene rings is 2. The van der Waals surface area contributed by atoms with Crippen molar-refractivity contribution in [1.82, 2.24) is 0 Å². The molecule has 2 heteroatoms. The van der Waals surface area contributed by atoms with Crippen LogP contribution in [0.3, 0.4) is 0 Å². The predicted molar refractivity (Wildman–Crippen MR) is 44.4 cm³/mol. The molecule has 0 heterocycles. The van der Waals surface area contributed by atoms with E-state index >= 15 is 0 Å². The zero-order valence-corrected chi connectivity index (χ0v) is 6.21. The summed E-state index contributed by atoms with van der Waals surface area (Å²) in [5, 5.41) is 10.1. The summed E-state index contributed by atoms with van der Waals surface area (Å²) in [5.41, 5.74) is 0. The lowest BCUT2D eigenvalue weighted by molar-refractivity contribution is 0.476. The molecule has 1 N–H and O–H groups in total. The standard InChI is InChI=1S/C10H6FO/c11-10-3-1-2-7-6-8(12)4-5-9(7)10/h1-4,6,12H. The first-order valence-electron chi connectivity index (χ1n) is 3.56. The van der Waals surface area contributed by atoms with Gasteiger partial charge < -0.3 is 5.11 Å². The summed E-state index contributed by atoms with van der Waals surface area (Å²) in [6.07, 6.45) is 0. The third kappa shape index (κ3) is 1.01. The highest BCUT2D eigenvalue weighted by Gasteiger charge is 1.99. The van der Waals surface area contributed by atoms with Crippen molar-refractivity contribution in [3.8, 4) is 5.75 Å². The fourth-order valence-electron chi connectivity index (χ4n) is 1.16. The first kappa shape index (κ1) is 7.10. The molecular weight excluding hydrogens is 155 g/mol. The lowest BCUT2D eigenvalue weighted by atomic mass is 10.1. The van der Waals surface area contributed by atoms with Crippen molar-refractivity contribution in [3.63, 3.8) is 0 Å². The molecule has 0 amide bonds. The lowest BCUT2D eigenvalue weighted by Gasteiger charge is -1.98. The van der Waals surface area contributed by atoms with Crippen molar-refractivity contribution in [2.45, 2.75) is 0 Å². The molecule has 2 aromatic rings. The first-order valence-corrected chi connectivity index (χ1v) is 3.56. The van der Waals surface area contributed by atoms with E-state index in [9.17, 15) is 4.39 Å². The average Bonchev–Trinajstić information content (AvgIpc) is 2.04. The second kappa shape index (κ2) is 2.48. The highest BCUT2D eigenvalue weighted by Crippen LogP contribution is 2.21. The average molecular weight is 161 g/mol. The summed E-state index contributed by atoms with van der Waals surface area (Å²) in [6, 6.07) is 10.2. The molecule has 59 valence electrons. The Kier molecular flexibility index (Phi) is 1.47. The fraction of sp³-hybridized carbons (Fsp3) is 0. The van der Waals surface area contributed by atoms with Crippen LogP contribution in [0.4, 0.5) is 4.39 Å².